The molecule has 1 saturated heterocycles. The summed E-state index contributed by atoms with van der Waals surface area (Å²) in [5.74, 6) is 0.396. The number of unbranched alkanes of at least 4 members (excludes halogenated alkanes) is 1. The third-order valence-corrected chi connectivity index (χ3v) is 3.90. The first-order valence-electron chi connectivity index (χ1n) is 7.80. The Morgan fingerprint density at radius 3 is 2.48 bits per heavy atom. The summed E-state index contributed by atoms with van der Waals surface area (Å²) in [6.07, 6.45) is 3.19. The van der Waals surface area contributed by atoms with E-state index in [9.17, 15) is 9.59 Å². The molecule has 0 bridgehead atoms. The van der Waals surface area contributed by atoms with Gasteiger partial charge in [0.05, 0.1) is 6.54 Å². The third-order valence-electron chi connectivity index (χ3n) is 3.90. The van der Waals surface area contributed by atoms with E-state index >= 15 is 0 Å². The molecule has 21 heavy (non-hydrogen) atoms. The molecule has 1 aromatic rings. The lowest BCUT2D eigenvalue weighted by atomic mass is 10.1. The molecule has 114 valence electrons. The molecule has 4 heteroatoms. The fourth-order valence-electron chi connectivity index (χ4n) is 2.56. The first kappa shape index (κ1) is 15.5. The molecule has 4 nitrogen and oxygen atoms in total. The van der Waals surface area contributed by atoms with Gasteiger partial charge in [-0.15, -0.1) is 0 Å². The Hall–Kier alpha value is -1.84. The van der Waals surface area contributed by atoms with Gasteiger partial charge in [0, 0.05) is 38.2 Å². The van der Waals surface area contributed by atoms with Crippen molar-refractivity contribution in [2.24, 2.45) is 0 Å². The average molecular weight is 288 g/mol. The van der Waals surface area contributed by atoms with E-state index in [1.807, 2.05) is 35.2 Å². The van der Waals surface area contributed by atoms with E-state index in [1.165, 1.54) is 0 Å². The van der Waals surface area contributed by atoms with Gasteiger partial charge in [0.15, 0.2) is 0 Å². The Morgan fingerprint density at radius 2 is 1.86 bits per heavy atom. The molecule has 1 aliphatic heterocycles. The van der Waals surface area contributed by atoms with Crippen LogP contribution in [0.4, 0.5) is 5.69 Å². The Kier molecular flexibility index (Phi) is 5.78. The van der Waals surface area contributed by atoms with Crippen molar-refractivity contribution < 1.29 is 9.59 Å². The van der Waals surface area contributed by atoms with Gasteiger partial charge in [-0.05, 0) is 18.6 Å². The lowest BCUT2D eigenvalue weighted by Gasteiger charge is -2.30. The number of hydrogen-bond donors (Lipinski definition) is 0. The molecule has 1 fully saturated rings. The van der Waals surface area contributed by atoms with Gasteiger partial charge in [-0.2, -0.15) is 0 Å². The topological polar surface area (TPSA) is 40.6 Å². The van der Waals surface area contributed by atoms with E-state index in [0.29, 0.717) is 32.5 Å². The normalized spacial score (nSPS) is 15.1. The van der Waals surface area contributed by atoms with E-state index in [4.69, 9.17) is 0 Å². The standard InChI is InChI=1S/C17H24N2O2/c1-2-3-11-19(15-7-5-4-6-8-15)14-17(21)18-12-9-16(20)10-13-18/h4-8H,2-3,9-14H2,1H3. The van der Waals surface area contributed by atoms with Crippen molar-refractivity contribution in [3.05, 3.63) is 30.3 Å². The number of piperidine rings is 1. The van der Waals surface area contributed by atoms with Crippen LogP contribution in [0.2, 0.25) is 0 Å². The number of anilines is 1. The molecule has 2 rings (SSSR count). The number of carbonyl (C=O) groups excluding carboxylic acids is 2. The quantitative estimate of drug-likeness (QED) is 0.807. The minimum absolute atomic E-state index is 0.127. The fourth-order valence-corrected chi connectivity index (χ4v) is 2.56. The summed E-state index contributed by atoms with van der Waals surface area (Å²) < 4.78 is 0. The zero-order valence-electron chi connectivity index (χ0n) is 12.8. The molecule has 0 radical (unpaired) electrons. The highest BCUT2D eigenvalue weighted by atomic mass is 16.2. The lowest BCUT2D eigenvalue weighted by Crippen LogP contribution is -2.44. The van der Waals surface area contributed by atoms with Crippen molar-refractivity contribution in [1.29, 1.82) is 0 Å². The second-order valence-electron chi connectivity index (χ2n) is 5.53. The predicted molar refractivity (Wildman–Crippen MR) is 84.4 cm³/mol. The second kappa shape index (κ2) is 7.81. The molecule has 0 aliphatic carbocycles. The molecule has 1 heterocycles. The number of nitrogens with zero attached hydrogens (tertiary/aromatic N) is 2. The highest BCUT2D eigenvalue weighted by molar-refractivity contribution is 5.85. The highest BCUT2D eigenvalue weighted by Gasteiger charge is 2.22. The SMILES string of the molecule is CCCCN(CC(=O)N1CCC(=O)CC1)c1ccccc1. The number of likely N-dealkylation sites (tertiary alicyclic amines) is 1. The van der Waals surface area contributed by atoms with E-state index in [1.54, 1.807) is 0 Å². The zero-order valence-corrected chi connectivity index (χ0v) is 12.8. The van der Waals surface area contributed by atoms with E-state index < -0.39 is 0 Å². The van der Waals surface area contributed by atoms with Gasteiger partial charge < -0.3 is 9.80 Å². The number of rotatable bonds is 6. The predicted octanol–water partition coefficient (Wildman–Crippen LogP) is 2.48. The van der Waals surface area contributed by atoms with Crippen molar-refractivity contribution in [3.63, 3.8) is 0 Å². The van der Waals surface area contributed by atoms with E-state index in [2.05, 4.69) is 11.8 Å². The summed E-state index contributed by atoms with van der Waals surface area (Å²) in [6.45, 7) is 4.60. The van der Waals surface area contributed by atoms with Crippen LogP contribution in [0.1, 0.15) is 32.6 Å². The van der Waals surface area contributed by atoms with Gasteiger partial charge in [-0.1, -0.05) is 31.5 Å². The minimum Gasteiger partial charge on any atom is -0.362 e. The smallest absolute Gasteiger partial charge is 0.242 e. The molecule has 0 aromatic heterocycles. The van der Waals surface area contributed by atoms with Gasteiger partial charge in [0.1, 0.15) is 5.78 Å². The molecule has 1 amide bonds. The summed E-state index contributed by atoms with van der Waals surface area (Å²) in [5.41, 5.74) is 1.09. The number of Topliss-reactive ketones (excluding diaryl/α,β-unsaturated/α-hetero) is 1. The number of carbonyl (C=O) groups is 2. The summed E-state index contributed by atoms with van der Waals surface area (Å²) in [7, 11) is 0. The minimum atomic E-state index is 0.127. The molecular weight excluding hydrogens is 264 g/mol. The molecule has 0 saturated carbocycles. The van der Waals surface area contributed by atoms with Crippen molar-refractivity contribution in [2.45, 2.75) is 32.6 Å². The van der Waals surface area contributed by atoms with Crippen LogP contribution < -0.4 is 4.90 Å². The highest BCUT2D eigenvalue weighted by Crippen LogP contribution is 2.15. The van der Waals surface area contributed by atoms with Gasteiger partial charge in [-0.25, -0.2) is 0 Å². The third kappa shape index (κ3) is 4.59. The molecule has 0 atom stereocenters. The molecule has 0 spiro atoms. The average Bonchev–Trinajstić information content (AvgIpc) is 2.52. The van der Waals surface area contributed by atoms with E-state index in [0.717, 1.165) is 25.1 Å². The number of benzene rings is 1. The monoisotopic (exact) mass is 288 g/mol. The van der Waals surface area contributed by atoms with Crippen LogP contribution in [0.15, 0.2) is 30.3 Å². The Bertz CT molecular complexity index is 463. The Balaban J connectivity index is 1.97. The van der Waals surface area contributed by atoms with Gasteiger partial charge in [0.2, 0.25) is 5.91 Å². The summed E-state index contributed by atoms with van der Waals surface area (Å²) in [6, 6.07) is 10.1. The lowest BCUT2D eigenvalue weighted by molar-refractivity contribution is -0.133. The van der Waals surface area contributed by atoms with Crippen molar-refractivity contribution >= 4 is 17.4 Å². The maximum atomic E-state index is 12.4. The molecule has 0 N–H and O–H groups in total. The van der Waals surface area contributed by atoms with E-state index in [-0.39, 0.29) is 11.7 Å². The summed E-state index contributed by atoms with van der Waals surface area (Å²) in [4.78, 5) is 27.7. The van der Waals surface area contributed by atoms with Crippen molar-refractivity contribution in [2.75, 3.05) is 31.1 Å². The van der Waals surface area contributed by atoms with Gasteiger partial charge >= 0.3 is 0 Å². The fraction of sp³-hybridized carbons (Fsp3) is 0.529. The first-order chi connectivity index (χ1) is 10.2. The zero-order chi connectivity index (χ0) is 15.1. The molecule has 0 unspecified atom stereocenters. The maximum Gasteiger partial charge on any atom is 0.242 e. The maximum absolute atomic E-state index is 12.4. The van der Waals surface area contributed by atoms with Gasteiger partial charge in [0.25, 0.3) is 0 Å². The molecule has 1 aromatic carbocycles. The first-order valence-corrected chi connectivity index (χ1v) is 7.80. The van der Waals surface area contributed by atoms with Crippen LogP contribution in [-0.4, -0.2) is 42.8 Å². The number of amides is 1. The summed E-state index contributed by atoms with van der Waals surface area (Å²) in [5, 5.41) is 0. The van der Waals surface area contributed by atoms with Crippen LogP contribution in [0.25, 0.3) is 0 Å². The Morgan fingerprint density at radius 1 is 1.19 bits per heavy atom. The van der Waals surface area contributed by atoms with Gasteiger partial charge in [-0.3, -0.25) is 9.59 Å². The second-order valence-corrected chi connectivity index (χ2v) is 5.53. The van der Waals surface area contributed by atoms with Crippen LogP contribution in [-0.2, 0) is 9.59 Å². The molecular formula is C17H24N2O2. The number of ketones is 1. The van der Waals surface area contributed by atoms with Crippen LogP contribution in [0, 0.1) is 0 Å². The number of hydrogen-bond acceptors (Lipinski definition) is 3. The Labute approximate surface area is 126 Å². The van der Waals surface area contributed by atoms with Crippen molar-refractivity contribution in [3.8, 4) is 0 Å². The number of para-hydroxylation sites is 1. The van der Waals surface area contributed by atoms with Crippen molar-refractivity contribution in [1.82, 2.24) is 4.90 Å². The summed E-state index contributed by atoms with van der Waals surface area (Å²) >= 11 is 0. The van der Waals surface area contributed by atoms with Crippen LogP contribution in [0.5, 0.6) is 0 Å². The van der Waals surface area contributed by atoms with Crippen LogP contribution in [0.3, 0.4) is 0 Å². The molecule has 1 aliphatic rings. The van der Waals surface area contributed by atoms with Crippen LogP contribution >= 0.6 is 0 Å². The largest absolute Gasteiger partial charge is 0.362 e.